The van der Waals surface area contributed by atoms with Crippen LogP contribution in [-0.4, -0.2) is 10.1 Å². The first kappa shape index (κ1) is 11.0. The Morgan fingerprint density at radius 3 is 2.94 bits per heavy atom. The molecule has 1 aromatic carbocycles. The summed E-state index contributed by atoms with van der Waals surface area (Å²) in [5, 5.41) is 3.41. The molecule has 0 radical (unpaired) electrons. The van der Waals surface area contributed by atoms with Gasteiger partial charge >= 0.3 is 5.76 Å². The summed E-state index contributed by atoms with van der Waals surface area (Å²) in [4.78, 5) is 13.0. The van der Waals surface area contributed by atoms with E-state index in [9.17, 15) is 9.18 Å². The van der Waals surface area contributed by atoms with Crippen LogP contribution in [0.5, 0.6) is 0 Å². The minimum Gasteiger partial charge on any atom is -0.318 e. The summed E-state index contributed by atoms with van der Waals surface area (Å²) in [6, 6.07) is 3.48. The van der Waals surface area contributed by atoms with E-state index in [2.05, 4.69) is 30.6 Å². The number of nitrogens with two attached hydrogens (primary N) is 1. The predicted octanol–water partition coefficient (Wildman–Crippen LogP) is 1.31. The lowest BCUT2D eigenvalue weighted by Crippen LogP contribution is -2.16. The summed E-state index contributed by atoms with van der Waals surface area (Å²) < 4.78 is 18.4. The van der Waals surface area contributed by atoms with Crippen molar-refractivity contribution in [3.8, 4) is 0 Å². The number of nitrogens with one attached hydrogen (secondary N) is 1. The molecule has 16 heavy (non-hydrogen) atoms. The molecule has 3 N–H and O–H groups in total. The van der Waals surface area contributed by atoms with Gasteiger partial charge in [0.1, 0.15) is 5.82 Å². The van der Waals surface area contributed by atoms with Crippen LogP contribution in [0.4, 0.5) is 4.39 Å². The highest BCUT2D eigenvalue weighted by atomic mass is 79.9. The van der Waals surface area contributed by atoms with E-state index in [-0.39, 0.29) is 11.4 Å². The molecule has 1 heterocycles. The van der Waals surface area contributed by atoms with Crippen molar-refractivity contribution in [1.82, 2.24) is 10.1 Å². The number of aromatic amines is 1. The Bertz CT molecular complexity index is 566. The Hall–Kier alpha value is -1.47. The van der Waals surface area contributed by atoms with Gasteiger partial charge in [-0.2, -0.15) is 0 Å². The third kappa shape index (κ3) is 2.05. The van der Waals surface area contributed by atoms with Crippen molar-refractivity contribution in [2.24, 2.45) is 5.73 Å². The summed E-state index contributed by atoms with van der Waals surface area (Å²) in [5.41, 5.74) is 5.97. The minimum absolute atomic E-state index is 0.0852. The van der Waals surface area contributed by atoms with Crippen LogP contribution in [-0.2, 0) is 0 Å². The van der Waals surface area contributed by atoms with Gasteiger partial charge in [0, 0.05) is 10.0 Å². The maximum absolute atomic E-state index is 13.5. The summed E-state index contributed by atoms with van der Waals surface area (Å²) in [7, 11) is 0. The molecule has 0 spiro atoms. The molecule has 2 rings (SSSR count). The molecule has 0 aliphatic carbocycles. The average Bonchev–Trinajstić information content (AvgIpc) is 2.67. The Labute approximate surface area is 97.6 Å². The fraction of sp³-hybridized carbons (Fsp3) is 0.111. The van der Waals surface area contributed by atoms with Crippen LogP contribution in [0.25, 0.3) is 0 Å². The Morgan fingerprint density at radius 1 is 1.56 bits per heavy atom. The second-order valence-corrected chi connectivity index (χ2v) is 4.04. The maximum Gasteiger partial charge on any atom is 0.438 e. The monoisotopic (exact) mass is 287 g/mol. The van der Waals surface area contributed by atoms with Gasteiger partial charge in [-0.25, -0.2) is 9.18 Å². The zero-order chi connectivity index (χ0) is 11.7. The number of hydrogen-bond acceptors (Lipinski definition) is 4. The lowest BCUT2D eigenvalue weighted by molar-refractivity contribution is 0.379. The van der Waals surface area contributed by atoms with Gasteiger partial charge < -0.3 is 5.73 Å². The normalized spacial score (nSPS) is 12.7. The van der Waals surface area contributed by atoms with E-state index in [1.165, 1.54) is 12.1 Å². The largest absolute Gasteiger partial charge is 0.438 e. The molecule has 0 saturated heterocycles. The van der Waals surface area contributed by atoms with Crippen molar-refractivity contribution in [3.63, 3.8) is 0 Å². The first-order valence-electron chi connectivity index (χ1n) is 4.34. The molecule has 0 saturated carbocycles. The second-order valence-electron chi connectivity index (χ2n) is 3.12. The van der Waals surface area contributed by atoms with E-state index < -0.39 is 17.6 Å². The number of aromatic nitrogens is 2. The standard InChI is InChI=1S/C9H7BrFN3O2/c10-4-1-2-6(11)5(3-4)7(12)8-13-9(15)16-14-8/h1-3,7H,12H2,(H,13,14,15). The number of nitrogens with zero attached hydrogens (tertiary/aromatic N) is 1. The highest BCUT2D eigenvalue weighted by molar-refractivity contribution is 9.10. The molecule has 1 unspecified atom stereocenters. The quantitative estimate of drug-likeness (QED) is 0.872. The Kier molecular flexibility index (Phi) is 2.88. The maximum atomic E-state index is 13.5. The van der Waals surface area contributed by atoms with Crippen molar-refractivity contribution < 1.29 is 8.91 Å². The van der Waals surface area contributed by atoms with Crippen molar-refractivity contribution in [3.05, 3.63) is 50.4 Å². The molecule has 0 fully saturated rings. The van der Waals surface area contributed by atoms with Gasteiger partial charge in [-0.15, -0.1) is 0 Å². The third-order valence-corrected chi connectivity index (χ3v) is 2.54. The van der Waals surface area contributed by atoms with Crippen LogP contribution in [0.2, 0.25) is 0 Å². The van der Waals surface area contributed by atoms with Crippen LogP contribution < -0.4 is 11.5 Å². The topological polar surface area (TPSA) is 84.9 Å². The number of H-pyrrole nitrogens is 1. The molecule has 0 bridgehead atoms. The fourth-order valence-corrected chi connectivity index (χ4v) is 1.65. The molecule has 0 amide bonds. The van der Waals surface area contributed by atoms with E-state index in [0.29, 0.717) is 4.47 Å². The summed E-state index contributed by atoms with van der Waals surface area (Å²) >= 11 is 3.20. The zero-order valence-electron chi connectivity index (χ0n) is 7.91. The van der Waals surface area contributed by atoms with Crippen molar-refractivity contribution in [2.75, 3.05) is 0 Å². The predicted molar refractivity (Wildman–Crippen MR) is 57.3 cm³/mol. The minimum atomic E-state index is -0.871. The van der Waals surface area contributed by atoms with Gasteiger partial charge in [0.05, 0.1) is 6.04 Å². The lowest BCUT2D eigenvalue weighted by atomic mass is 10.1. The summed E-state index contributed by atoms with van der Waals surface area (Å²) in [5.74, 6) is -1.11. The first-order chi connectivity index (χ1) is 7.58. The van der Waals surface area contributed by atoms with E-state index in [1.807, 2.05) is 0 Å². The van der Waals surface area contributed by atoms with E-state index >= 15 is 0 Å². The van der Waals surface area contributed by atoms with Crippen molar-refractivity contribution in [1.29, 1.82) is 0 Å². The molecule has 5 nitrogen and oxygen atoms in total. The fourth-order valence-electron chi connectivity index (χ4n) is 1.28. The van der Waals surface area contributed by atoms with Crippen molar-refractivity contribution >= 4 is 15.9 Å². The Morgan fingerprint density at radius 2 is 2.31 bits per heavy atom. The Balaban J connectivity index is 2.44. The highest BCUT2D eigenvalue weighted by Crippen LogP contribution is 2.22. The molecule has 2 aromatic rings. The number of benzene rings is 1. The molecule has 7 heteroatoms. The van der Waals surface area contributed by atoms with E-state index in [4.69, 9.17) is 5.73 Å². The van der Waals surface area contributed by atoms with Crippen LogP contribution in [0.15, 0.2) is 32.0 Å². The third-order valence-electron chi connectivity index (χ3n) is 2.04. The first-order valence-corrected chi connectivity index (χ1v) is 5.13. The van der Waals surface area contributed by atoms with Crippen LogP contribution >= 0.6 is 15.9 Å². The van der Waals surface area contributed by atoms with Crippen molar-refractivity contribution in [2.45, 2.75) is 6.04 Å². The molecule has 0 aliphatic heterocycles. The van der Waals surface area contributed by atoms with E-state index in [1.54, 1.807) is 6.07 Å². The summed E-state index contributed by atoms with van der Waals surface area (Å²) in [6.07, 6.45) is 0. The van der Waals surface area contributed by atoms with Gasteiger partial charge in [-0.1, -0.05) is 21.1 Å². The molecule has 0 aliphatic rings. The molecular weight excluding hydrogens is 281 g/mol. The number of hydrogen-bond donors (Lipinski definition) is 2. The van der Waals surface area contributed by atoms with Crippen LogP contribution in [0, 0.1) is 5.82 Å². The molecule has 84 valence electrons. The number of rotatable bonds is 2. The molecular formula is C9H7BrFN3O2. The van der Waals surface area contributed by atoms with Crippen LogP contribution in [0.3, 0.4) is 0 Å². The zero-order valence-corrected chi connectivity index (χ0v) is 9.49. The summed E-state index contributed by atoms with van der Waals surface area (Å²) in [6.45, 7) is 0. The number of halogens is 2. The van der Waals surface area contributed by atoms with Crippen LogP contribution in [0.1, 0.15) is 17.4 Å². The SMILES string of the molecule is NC(c1noc(=O)[nH]1)c1cc(Br)ccc1F. The smallest absolute Gasteiger partial charge is 0.318 e. The van der Waals surface area contributed by atoms with Gasteiger partial charge in [-0.05, 0) is 18.2 Å². The highest BCUT2D eigenvalue weighted by Gasteiger charge is 2.17. The van der Waals surface area contributed by atoms with Gasteiger partial charge in [0.25, 0.3) is 0 Å². The lowest BCUT2D eigenvalue weighted by Gasteiger charge is -2.09. The van der Waals surface area contributed by atoms with Gasteiger partial charge in [-0.3, -0.25) is 9.51 Å². The average molecular weight is 288 g/mol. The second kappa shape index (κ2) is 4.18. The van der Waals surface area contributed by atoms with E-state index in [0.717, 1.165) is 0 Å². The van der Waals surface area contributed by atoms with Gasteiger partial charge in [0.15, 0.2) is 5.82 Å². The molecule has 1 atom stereocenters. The van der Waals surface area contributed by atoms with Gasteiger partial charge in [0.2, 0.25) is 0 Å². The molecule has 1 aromatic heterocycles.